The Kier molecular flexibility index (Phi) is 2.46. The molecule has 0 atom stereocenters. The Hall–Kier alpha value is -0.910. The van der Waals surface area contributed by atoms with Crippen molar-refractivity contribution in [2.75, 3.05) is 0 Å². The highest BCUT2D eigenvalue weighted by Crippen LogP contribution is 2.31. The van der Waals surface area contributed by atoms with E-state index in [1.54, 1.807) is 17.4 Å². The molecule has 0 aliphatic rings. The summed E-state index contributed by atoms with van der Waals surface area (Å²) in [4.78, 5) is 1.06. The summed E-state index contributed by atoms with van der Waals surface area (Å²) in [6, 6.07) is 7.68. The molecule has 0 saturated heterocycles. The SMILES string of the molecule is Clc1cccn2c(-c3ccc(Br)s3)nnc12. The van der Waals surface area contributed by atoms with E-state index in [2.05, 4.69) is 26.1 Å². The van der Waals surface area contributed by atoms with Gasteiger partial charge in [-0.05, 0) is 40.2 Å². The van der Waals surface area contributed by atoms with E-state index in [1.165, 1.54) is 0 Å². The van der Waals surface area contributed by atoms with Crippen molar-refractivity contribution in [3.63, 3.8) is 0 Å². The molecule has 3 aromatic rings. The molecule has 0 radical (unpaired) electrons. The Labute approximate surface area is 109 Å². The van der Waals surface area contributed by atoms with Crippen LogP contribution in [-0.4, -0.2) is 14.6 Å². The maximum atomic E-state index is 6.03. The summed E-state index contributed by atoms with van der Waals surface area (Å²) >= 11 is 11.1. The average molecular weight is 315 g/mol. The summed E-state index contributed by atoms with van der Waals surface area (Å²) in [6.45, 7) is 0. The van der Waals surface area contributed by atoms with Gasteiger partial charge >= 0.3 is 0 Å². The van der Waals surface area contributed by atoms with Gasteiger partial charge in [0.1, 0.15) is 0 Å². The fourth-order valence-electron chi connectivity index (χ4n) is 1.49. The van der Waals surface area contributed by atoms with Crippen LogP contribution in [0.15, 0.2) is 34.2 Å². The third-order valence-electron chi connectivity index (χ3n) is 2.18. The number of halogens is 2. The third kappa shape index (κ3) is 1.55. The quantitative estimate of drug-likeness (QED) is 0.682. The van der Waals surface area contributed by atoms with Crippen molar-refractivity contribution in [3.05, 3.63) is 39.3 Å². The van der Waals surface area contributed by atoms with Gasteiger partial charge < -0.3 is 0 Å². The van der Waals surface area contributed by atoms with Crippen molar-refractivity contribution in [1.82, 2.24) is 14.6 Å². The zero-order valence-electron chi connectivity index (χ0n) is 7.89. The monoisotopic (exact) mass is 313 g/mol. The summed E-state index contributed by atoms with van der Waals surface area (Å²) < 4.78 is 2.96. The molecule has 3 nitrogen and oxygen atoms in total. The van der Waals surface area contributed by atoms with E-state index in [1.807, 2.05) is 28.8 Å². The van der Waals surface area contributed by atoms with Crippen LogP contribution < -0.4 is 0 Å². The fourth-order valence-corrected chi connectivity index (χ4v) is 3.06. The minimum Gasteiger partial charge on any atom is -0.281 e. The summed E-state index contributed by atoms with van der Waals surface area (Å²) in [6.07, 6.45) is 1.91. The third-order valence-corrected chi connectivity index (χ3v) is 4.10. The average Bonchev–Trinajstić information content (AvgIpc) is 2.84. The van der Waals surface area contributed by atoms with Crippen molar-refractivity contribution >= 4 is 44.5 Å². The largest absolute Gasteiger partial charge is 0.281 e. The lowest BCUT2D eigenvalue weighted by atomic mass is 10.4. The molecule has 16 heavy (non-hydrogen) atoms. The van der Waals surface area contributed by atoms with Gasteiger partial charge in [-0.25, -0.2) is 0 Å². The minimum atomic E-state index is 0.608. The first-order chi connectivity index (χ1) is 7.75. The van der Waals surface area contributed by atoms with Crippen molar-refractivity contribution in [1.29, 1.82) is 0 Å². The zero-order valence-corrected chi connectivity index (χ0v) is 11.1. The molecule has 0 spiro atoms. The van der Waals surface area contributed by atoms with Crippen LogP contribution >= 0.6 is 38.9 Å². The van der Waals surface area contributed by atoms with E-state index in [-0.39, 0.29) is 0 Å². The molecule has 6 heteroatoms. The number of rotatable bonds is 1. The molecule has 3 aromatic heterocycles. The Morgan fingerprint density at radius 1 is 1.25 bits per heavy atom. The molecule has 0 saturated carbocycles. The standard InChI is InChI=1S/C10H5BrClN3S/c11-8-4-3-7(16-8)10-14-13-9-6(12)2-1-5-15(9)10/h1-5H. The van der Waals surface area contributed by atoms with E-state index in [0.29, 0.717) is 10.7 Å². The van der Waals surface area contributed by atoms with Crippen LogP contribution in [0.3, 0.4) is 0 Å². The lowest BCUT2D eigenvalue weighted by Crippen LogP contribution is -1.86. The number of pyridine rings is 1. The Morgan fingerprint density at radius 2 is 2.12 bits per heavy atom. The van der Waals surface area contributed by atoms with E-state index in [9.17, 15) is 0 Å². The molecule has 0 aromatic carbocycles. The van der Waals surface area contributed by atoms with E-state index < -0.39 is 0 Å². The highest BCUT2D eigenvalue weighted by atomic mass is 79.9. The topological polar surface area (TPSA) is 30.2 Å². The first kappa shape index (κ1) is 10.3. The molecule has 0 fully saturated rings. The Balaban J connectivity index is 2.29. The number of hydrogen-bond donors (Lipinski definition) is 0. The highest BCUT2D eigenvalue weighted by molar-refractivity contribution is 9.11. The number of thiophene rings is 1. The number of fused-ring (bicyclic) bond motifs is 1. The second-order valence-electron chi connectivity index (χ2n) is 3.18. The van der Waals surface area contributed by atoms with Gasteiger partial charge in [0.25, 0.3) is 0 Å². The summed E-state index contributed by atoms with van der Waals surface area (Å²) in [7, 11) is 0. The van der Waals surface area contributed by atoms with Gasteiger partial charge in [-0.2, -0.15) is 0 Å². The van der Waals surface area contributed by atoms with Crippen LogP contribution in [-0.2, 0) is 0 Å². The van der Waals surface area contributed by atoms with Crippen molar-refractivity contribution < 1.29 is 0 Å². The second kappa shape index (κ2) is 3.84. The summed E-state index contributed by atoms with van der Waals surface area (Å²) in [5.41, 5.74) is 0.684. The van der Waals surface area contributed by atoms with Crippen LogP contribution in [0.2, 0.25) is 5.02 Å². The van der Waals surface area contributed by atoms with Gasteiger partial charge in [-0.15, -0.1) is 21.5 Å². The lowest BCUT2D eigenvalue weighted by molar-refractivity contribution is 1.12. The van der Waals surface area contributed by atoms with Gasteiger partial charge in [0, 0.05) is 6.20 Å². The summed E-state index contributed by atoms with van der Waals surface area (Å²) in [5, 5.41) is 8.84. The molecule has 0 bridgehead atoms. The first-order valence-corrected chi connectivity index (χ1v) is 6.49. The van der Waals surface area contributed by atoms with Gasteiger partial charge in [0.2, 0.25) is 0 Å². The molecule has 80 valence electrons. The fraction of sp³-hybridized carbons (Fsp3) is 0. The maximum Gasteiger partial charge on any atom is 0.179 e. The predicted octanol–water partition coefficient (Wildman–Crippen LogP) is 3.87. The first-order valence-electron chi connectivity index (χ1n) is 4.50. The predicted molar refractivity (Wildman–Crippen MR) is 69.0 cm³/mol. The Morgan fingerprint density at radius 3 is 2.88 bits per heavy atom. The molecule has 0 N–H and O–H groups in total. The molecule has 0 amide bonds. The van der Waals surface area contributed by atoms with Crippen LogP contribution in [0, 0.1) is 0 Å². The van der Waals surface area contributed by atoms with E-state index >= 15 is 0 Å². The van der Waals surface area contributed by atoms with Crippen LogP contribution in [0.5, 0.6) is 0 Å². The zero-order chi connectivity index (χ0) is 11.1. The lowest BCUT2D eigenvalue weighted by Gasteiger charge is -1.96. The number of aromatic nitrogens is 3. The molecule has 0 unspecified atom stereocenters. The number of hydrogen-bond acceptors (Lipinski definition) is 3. The van der Waals surface area contributed by atoms with Crippen LogP contribution in [0.1, 0.15) is 0 Å². The van der Waals surface area contributed by atoms with Crippen LogP contribution in [0.25, 0.3) is 16.3 Å². The van der Waals surface area contributed by atoms with Crippen molar-refractivity contribution in [2.45, 2.75) is 0 Å². The summed E-state index contributed by atoms with van der Waals surface area (Å²) in [5.74, 6) is 0.813. The van der Waals surface area contributed by atoms with Crippen LogP contribution in [0.4, 0.5) is 0 Å². The molecule has 0 aliphatic carbocycles. The minimum absolute atomic E-state index is 0.608. The van der Waals surface area contributed by atoms with Gasteiger partial charge in [-0.3, -0.25) is 4.40 Å². The Bertz CT molecular complexity index is 661. The molecule has 0 aliphatic heterocycles. The normalized spacial score (nSPS) is 11.1. The maximum absolute atomic E-state index is 6.03. The van der Waals surface area contributed by atoms with E-state index in [4.69, 9.17) is 11.6 Å². The van der Waals surface area contributed by atoms with Gasteiger partial charge in [0.05, 0.1) is 13.7 Å². The molecule has 3 rings (SSSR count). The molecular weight excluding hydrogens is 310 g/mol. The highest BCUT2D eigenvalue weighted by Gasteiger charge is 2.11. The molecule has 3 heterocycles. The van der Waals surface area contributed by atoms with Crippen molar-refractivity contribution in [3.8, 4) is 10.7 Å². The second-order valence-corrected chi connectivity index (χ2v) is 6.05. The number of nitrogens with zero attached hydrogens (tertiary/aromatic N) is 3. The van der Waals surface area contributed by atoms with Gasteiger partial charge in [-0.1, -0.05) is 11.6 Å². The van der Waals surface area contributed by atoms with E-state index in [0.717, 1.165) is 14.5 Å². The van der Waals surface area contributed by atoms with Gasteiger partial charge in [0.15, 0.2) is 11.5 Å². The smallest absolute Gasteiger partial charge is 0.179 e. The molecular formula is C10H5BrClN3S. The van der Waals surface area contributed by atoms with Crippen molar-refractivity contribution in [2.24, 2.45) is 0 Å².